The normalized spacial score (nSPS) is 12.1. The summed E-state index contributed by atoms with van der Waals surface area (Å²) in [4.78, 5) is 8.24. The first-order valence-electron chi connectivity index (χ1n) is 9.29. The van der Waals surface area contributed by atoms with Crippen molar-refractivity contribution in [2.75, 3.05) is 0 Å². The molecule has 0 aliphatic carbocycles. The summed E-state index contributed by atoms with van der Waals surface area (Å²) in [7, 11) is -8.07. The predicted octanol–water partition coefficient (Wildman–Crippen LogP) is 3.58. The Bertz CT molecular complexity index is 1490. The van der Waals surface area contributed by atoms with Crippen molar-refractivity contribution in [2.45, 2.75) is 16.3 Å². The van der Waals surface area contributed by atoms with Gasteiger partial charge in [0.2, 0.25) is 10.0 Å². The number of benzene rings is 2. The third kappa shape index (κ3) is 5.22. The van der Waals surface area contributed by atoms with Gasteiger partial charge in [0, 0.05) is 26.9 Å². The summed E-state index contributed by atoms with van der Waals surface area (Å²) in [6.07, 6.45) is 3.05. The van der Waals surface area contributed by atoms with Crippen molar-refractivity contribution in [3.05, 3.63) is 87.8 Å². The first kappa shape index (κ1) is 23.7. The molecule has 4 aromatic rings. The summed E-state index contributed by atoms with van der Waals surface area (Å²) in [5.74, 6) is 0.0290. The van der Waals surface area contributed by atoms with E-state index in [1.54, 1.807) is 36.4 Å². The van der Waals surface area contributed by atoms with Crippen LogP contribution in [0.5, 0.6) is 0 Å². The number of nitrogens with one attached hydrogen (secondary N) is 1. The smallest absolute Gasteiger partial charge is 0.265 e. The summed E-state index contributed by atoms with van der Waals surface area (Å²) in [6, 6.07) is 15.3. The van der Waals surface area contributed by atoms with Gasteiger partial charge in [0.25, 0.3) is 10.0 Å². The lowest BCUT2D eigenvalue weighted by atomic mass is 10.2. The molecule has 0 saturated heterocycles. The molecule has 0 aliphatic heterocycles. The lowest BCUT2D eigenvalue weighted by Crippen LogP contribution is -2.27. The summed E-state index contributed by atoms with van der Waals surface area (Å²) >= 11 is 6.54. The monoisotopic (exact) mass is 611 g/mol. The average molecular weight is 613 g/mol. The van der Waals surface area contributed by atoms with Gasteiger partial charge in [-0.25, -0.2) is 18.1 Å². The first-order chi connectivity index (χ1) is 15.7. The molecule has 0 bridgehead atoms. The topological polar surface area (TPSA) is 124 Å². The quantitative estimate of drug-likeness (QED) is 0.338. The molecule has 170 valence electrons. The zero-order valence-corrected chi connectivity index (χ0v) is 21.4. The fourth-order valence-electron chi connectivity index (χ4n) is 2.82. The number of nitrogens with zero attached hydrogens (tertiary/aromatic N) is 4. The van der Waals surface area contributed by atoms with Gasteiger partial charge in [0.1, 0.15) is 0 Å². The maximum absolute atomic E-state index is 13.3. The third-order valence-corrected chi connectivity index (χ3v) is 8.55. The van der Waals surface area contributed by atoms with Crippen molar-refractivity contribution >= 4 is 51.9 Å². The predicted molar refractivity (Wildman–Crippen MR) is 128 cm³/mol. The second-order valence-electron chi connectivity index (χ2n) is 6.67. The molecule has 13 heteroatoms. The maximum Gasteiger partial charge on any atom is 0.284 e. The summed E-state index contributed by atoms with van der Waals surface area (Å²) < 4.78 is 56.6. The zero-order chi connectivity index (χ0) is 23.6. The minimum absolute atomic E-state index is 0.0195. The molecule has 0 unspecified atom stereocenters. The maximum atomic E-state index is 13.3. The van der Waals surface area contributed by atoms with Gasteiger partial charge in [0.15, 0.2) is 11.6 Å². The van der Waals surface area contributed by atoms with Crippen molar-refractivity contribution in [3.63, 3.8) is 0 Å². The largest absolute Gasteiger partial charge is 0.284 e. The molecule has 0 atom stereocenters. The van der Waals surface area contributed by atoms with Crippen LogP contribution in [-0.4, -0.2) is 36.0 Å². The summed E-state index contributed by atoms with van der Waals surface area (Å²) in [5.41, 5.74) is 0.534. The molecule has 0 amide bonds. The number of halogens is 2. The Morgan fingerprint density at radius 2 is 1.33 bits per heavy atom. The molecule has 4 rings (SSSR count). The number of rotatable bonds is 7. The van der Waals surface area contributed by atoms with Crippen LogP contribution in [0.1, 0.15) is 5.82 Å². The number of pyridine rings is 1. The van der Waals surface area contributed by atoms with Crippen molar-refractivity contribution in [1.29, 1.82) is 0 Å². The van der Waals surface area contributed by atoms with Crippen molar-refractivity contribution < 1.29 is 16.8 Å². The van der Waals surface area contributed by atoms with Crippen LogP contribution in [-0.2, 0) is 26.6 Å². The highest BCUT2D eigenvalue weighted by Crippen LogP contribution is 2.22. The van der Waals surface area contributed by atoms with E-state index in [0.717, 1.165) is 8.56 Å². The Labute approximate surface area is 207 Å². The van der Waals surface area contributed by atoms with E-state index in [2.05, 4.69) is 51.6 Å². The van der Waals surface area contributed by atoms with Gasteiger partial charge in [0.05, 0.1) is 16.3 Å². The van der Waals surface area contributed by atoms with Crippen LogP contribution in [0.15, 0.2) is 91.8 Å². The van der Waals surface area contributed by atoms with Crippen LogP contribution in [0.4, 0.5) is 0 Å². The van der Waals surface area contributed by atoms with E-state index < -0.39 is 26.6 Å². The zero-order valence-electron chi connectivity index (χ0n) is 16.6. The first-order valence-corrected chi connectivity index (χ1v) is 13.8. The van der Waals surface area contributed by atoms with E-state index in [1.165, 1.54) is 36.7 Å². The highest BCUT2D eigenvalue weighted by Gasteiger charge is 2.26. The lowest BCUT2D eigenvalue weighted by molar-refractivity contribution is 0.566. The van der Waals surface area contributed by atoms with Gasteiger partial charge in [-0.2, -0.15) is 8.42 Å². The molecular formula is C20H15Br2N5O4S2. The van der Waals surface area contributed by atoms with Gasteiger partial charge in [-0.15, -0.1) is 9.19 Å². The second-order valence-corrected chi connectivity index (χ2v) is 12.0. The molecule has 0 radical (unpaired) electrons. The van der Waals surface area contributed by atoms with E-state index in [-0.39, 0.29) is 21.4 Å². The Hall–Kier alpha value is -2.45. The van der Waals surface area contributed by atoms with E-state index in [0.29, 0.717) is 10.0 Å². The molecule has 33 heavy (non-hydrogen) atoms. The van der Waals surface area contributed by atoms with Crippen LogP contribution in [0, 0.1) is 0 Å². The minimum atomic E-state index is -4.15. The van der Waals surface area contributed by atoms with Crippen molar-refractivity contribution in [1.82, 2.24) is 23.9 Å². The van der Waals surface area contributed by atoms with Gasteiger partial charge in [-0.1, -0.05) is 31.9 Å². The molecule has 0 spiro atoms. The van der Waals surface area contributed by atoms with Gasteiger partial charge >= 0.3 is 0 Å². The molecule has 0 fully saturated rings. The Balaban J connectivity index is 1.74. The Morgan fingerprint density at radius 3 is 1.91 bits per heavy atom. The minimum Gasteiger partial charge on any atom is -0.265 e. The van der Waals surface area contributed by atoms with Crippen LogP contribution < -0.4 is 4.72 Å². The number of sulfonamides is 1. The van der Waals surface area contributed by atoms with Crippen LogP contribution >= 0.6 is 31.9 Å². The van der Waals surface area contributed by atoms with Gasteiger partial charge in [-0.05, 0) is 60.7 Å². The second kappa shape index (κ2) is 9.43. The summed E-state index contributed by atoms with van der Waals surface area (Å²) in [5, 5.41) is 4.17. The van der Waals surface area contributed by atoms with E-state index >= 15 is 0 Å². The van der Waals surface area contributed by atoms with Gasteiger partial charge < -0.3 is 0 Å². The van der Waals surface area contributed by atoms with Crippen molar-refractivity contribution in [2.24, 2.45) is 0 Å². The van der Waals surface area contributed by atoms with Crippen molar-refractivity contribution in [3.8, 4) is 11.4 Å². The molecule has 2 heterocycles. The molecule has 0 aliphatic rings. The molecule has 9 nitrogen and oxygen atoms in total. The standard InChI is InChI=1S/C20H15Br2N5O4S2/c21-15-1-5-17(6-2-15)32(28,29)24-13-19-25-20(14-9-11-23-12-10-14)26-27(19)33(30,31)18-7-3-16(22)4-8-18/h1-12,24H,13H2. The fraction of sp³-hybridized carbons (Fsp3) is 0.0500. The van der Waals surface area contributed by atoms with E-state index in [4.69, 9.17) is 0 Å². The highest BCUT2D eigenvalue weighted by molar-refractivity contribution is 9.10. The Kier molecular flexibility index (Phi) is 6.77. The van der Waals surface area contributed by atoms with E-state index in [1.807, 2.05) is 0 Å². The van der Waals surface area contributed by atoms with Gasteiger partial charge in [-0.3, -0.25) is 4.98 Å². The highest BCUT2D eigenvalue weighted by atomic mass is 79.9. The number of hydrogen-bond acceptors (Lipinski definition) is 7. The molecule has 2 aromatic heterocycles. The molecule has 1 N–H and O–H groups in total. The Morgan fingerprint density at radius 1 is 0.788 bits per heavy atom. The van der Waals surface area contributed by atoms with E-state index in [9.17, 15) is 16.8 Å². The molecule has 2 aromatic carbocycles. The number of hydrogen-bond donors (Lipinski definition) is 1. The van der Waals surface area contributed by atoms with Crippen LogP contribution in [0.2, 0.25) is 0 Å². The lowest BCUT2D eigenvalue weighted by Gasteiger charge is -2.09. The fourth-order valence-corrected chi connectivity index (χ4v) is 5.57. The SMILES string of the molecule is O=S(=O)(NCc1nc(-c2ccncc2)nn1S(=O)(=O)c1ccc(Br)cc1)c1ccc(Br)cc1. The van der Waals surface area contributed by atoms with Crippen LogP contribution in [0.3, 0.4) is 0 Å². The average Bonchev–Trinajstić information content (AvgIpc) is 3.24. The third-order valence-electron chi connectivity index (χ3n) is 4.46. The molecular weight excluding hydrogens is 598 g/mol. The van der Waals surface area contributed by atoms with Crippen LogP contribution in [0.25, 0.3) is 11.4 Å². The number of aromatic nitrogens is 4. The molecule has 0 saturated carbocycles. The summed E-state index contributed by atoms with van der Waals surface area (Å²) in [6.45, 7) is -0.397.